The molecule has 0 aliphatic carbocycles. The number of hydrogen-bond donors (Lipinski definition) is 1. The van der Waals surface area contributed by atoms with E-state index in [9.17, 15) is 13.2 Å². The van der Waals surface area contributed by atoms with E-state index in [1.807, 2.05) is 27.9 Å². The fourth-order valence-corrected chi connectivity index (χ4v) is 5.27. The highest BCUT2D eigenvalue weighted by Gasteiger charge is 2.30. The van der Waals surface area contributed by atoms with E-state index in [1.165, 1.54) is 10.6 Å². The zero-order valence-corrected chi connectivity index (χ0v) is 21.3. The molecule has 2 aliphatic heterocycles. The van der Waals surface area contributed by atoms with Gasteiger partial charge in [0.05, 0.1) is 24.2 Å². The third kappa shape index (κ3) is 5.13. The first-order chi connectivity index (χ1) is 16.2. The van der Waals surface area contributed by atoms with Crippen LogP contribution in [0.5, 0.6) is 5.75 Å². The SMILES string of the molecule is CC(=O)N1c2ccc(-c3cnn(C4CCNCC4)c3)c(OCCN(C)S(C)(=O)=O)c2CC[C@@H]1C. The normalized spacial score (nSPS) is 19.3. The first-order valence-corrected chi connectivity index (χ1v) is 13.8. The summed E-state index contributed by atoms with van der Waals surface area (Å²) in [6.07, 6.45) is 8.83. The number of benzene rings is 1. The van der Waals surface area contributed by atoms with E-state index in [-0.39, 0.29) is 25.1 Å². The van der Waals surface area contributed by atoms with Crippen LogP contribution in [0.4, 0.5) is 5.69 Å². The van der Waals surface area contributed by atoms with Crippen LogP contribution in [0.15, 0.2) is 24.5 Å². The number of fused-ring (bicyclic) bond motifs is 1. The summed E-state index contributed by atoms with van der Waals surface area (Å²) in [6, 6.07) is 4.47. The quantitative estimate of drug-likeness (QED) is 0.642. The number of nitrogens with one attached hydrogen (secondary N) is 1. The average Bonchev–Trinajstić information content (AvgIpc) is 3.28. The number of hydrogen-bond acceptors (Lipinski definition) is 6. The minimum Gasteiger partial charge on any atom is -0.491 e. The molecule has 0 radical (unpaired) electrons. The van der Waals surface area contributed by atoms with Gasteiger partial charge >= 0.3 is 0 Å². The molecule has 34 heavy (non-hydrogen) atoms. The number of aromatic nitrogens is 2. The molecular formula is C24H35N5O4S. The summed E-state index contributed by atoms with van der Waals surface area (Å²) in [6.45, 7) is 6.07. The summed E-state index contributed by atoms with van der Waals surface area (Å²) in [5.74, 6) is 0.713. The van der Waals surface area contributed by atoms with Crippen molar-refractivity contribution >= 4 is 21.6 Å². The summed E-state index contributed by atoms with van der Waals surface area (Å²) in [5, 5.41) is 8.03. The molecule has 0 unspecified atom stereocenters. The van der Waals surface area contributed by atoms with Crippen molar-refractivity contribution in [2.45, 2.75) is 51.6 Å². The Morgan fingerprint density at radius 2 is 2.00 bits per heavy atom. The number of carbonyl (C=O) groups is 1. The van der Waals surface area contributed by atoms with Crippen LogP contribution in [0.2, 0.25) is 0 Å². The number of amides is 1. The van der Waals surface area contributed by atoms with Crippen LogP contribution in [-0.2, 0) is 21.2 Å². The maximum Gasteiger partial charge on any atom is 0.224 e. The van der Waals surface area contributed by atoms with Gasteiger partial charge in [0.25, 0.3) is 0 Å². The Hall–Kier alpha value is -2.43. The molecule has 3 heterocycles. The van der Waals surface area contributed by atoms with Crippen molar-refractivity contribution in [3.05, 3.63) is 30.1 Å². The van der Waals surface area contributed by atoms with Gasteiger partial charge in [0.1, 0.15) is 12.4 Å². The number of likely N-dealkylation sites (N-methyl/N-ethyl adjacent to an activating group) is 1. The number of anilines is 1. The maximum absolute atomic E-state index is 12.4. The van der Waals surface area contributed by atoms with Crippen LogP contribution in [0.25, 0.3) is 11.1 Å². The second kappa shape index (κ2) is 10.1. The minimum atomic E-state index is -3.29. The van der Waals surface area contributed by atoms with Crippen molar-refractivity contribution in [1.82, 2.24) is 19.4 Å². The second-order valence-corrected chi connectivity index (χ2v) is 11.4. The molecule has 1 N–H and O–H groups in total. The zero-order valence-electron chi connectivity index (χ0n) is 20.5. The number of carbonyl (C=O) groups excluding carboxylic acids is 1. The molecule has 2 aliphatic rings. The molecule has 1 saturated heterocycles. The lowest BCUT2D eigenvalue weighted by molar-refractivity contribution is -0.117. The lowest BCUT2D eigenvalue weighted by Crippen LogP contribution is -2.41. The van der Waals surface area contributed by atoms with E-state index in [1.54, 1.807) is 14.0 Å². The highest BCUT2D eigenvalue weighted by molar-refractivity contribution is 7.88. The van der Waals surface area contributed by atoms with E-state index < -0.39 is 10.0 Å². The standard InChI is InChI=1S/C24H35N5O4S/c1-17-5-6-22-23(29(17)18(2)30)8-7-21(24(22)33-14-13-27(3)34(4,31)32)19-15-26-28(16-19)20-9-11-25-12-10-20/h7-8,15-17,20,25H,5-6,9-14H2,1-4H3/t17-/m0/s1. The fraction of sp³-hybridized carbons (Fsp3) is 0.583. The molecule has 0 bridgehead atoms. The molecule has 10 heteroatoms. The van der Waals surface area contributed by atoms with Crippen molar-refractivity contribution in [2.75, 3.05) is 44.4 Å². The molecule has 1 fully saturated rings. The summed E-state index contributed by atoms with van der Waals surface area (Å²) < 4.78 is 33.2. The van der Waals surface area contributed by atoms with E-state index in [0.29, 0.717) is 11.8 Å². The monoisotopic (exact) mass is 489 g/mol. The van der Waals surface area contributed by atoms with Gasteiger partial charge in [0, 0.05) is 49.4 Å². The fourth-order valence-electron chi connectivity index (χ4n) is 4.87. The van der Waals surface area contributed by atoms with Crippen LogP contribution in [0.3, 0.4) is 0 Å². The van der Waals surface area contributed by atoms with Gasteiger partial charge in [-0.15, -0.1) is 0 Å². The van der Waals surface area contributed by atoms with Crippen molar-refractivity contribution in [3.8, 4) is 16.9 Å². The molecule has 1 atom stereocenters. The van der Waals surface area contributed by atoms with Crippen molar-refractivity contribution in [3.63, 3.8) is 0 Å². The van der Waals surface area contributed by atoms with Gasteiger partial charge in [-0.3, -0.25) is 9.48 Å². The van der Waals surface area contributed by atoms with Crippen LogP contribution < -0.4 is 15.0 Å². The highest BCUT2D eigenvalue weighted by Crippen LogP contribution is 2.43. The van der Waals surface area contributed by atoms with Gasteiger partial charge in [0.2, 0.25) is 15.9 Å². The first kappa shape index (κ1) is 24.7. The third-order valence-corrected chi connectivity index (χ3v) is 8.22. The van der Waals surface area contributed by atoms with Gasteiger partial charge in [-0.2, -0.15) is 5.10 Å². The summed E-state index contributed by atoms with van der Waals surface area (Å²) in [7, 11) is -1.75. The molecule has 0 spiro atoms. The summed E-state index contributed by atoms with van der Waals surface area (Å²) in [4.78, 5) is 14.3. The largest absolute Gasteiger partial charge is 0.491 e. The average molecular weight is 490 g/mol. The lowest BCUT2D eigenvalue weighted by Gasteiger charge is -2.36. The Morgan fingerprint density at radius 1 is 1.26 bits per heavy atom. The van der Waals surface area contributed by atoms with Crippen LogP contribution >= 0.6 is 0 Å². The van der Waals surface area contributed by atoms with E-state index in [2.05, 4.69) is 23.5 Å². The van der Waals surface area contributed by atoms with E-state index in [4.69, 9.17) is 4.74 Å². The zero-order chi connectivity index (χ0) is 24.5. The minimum absolute atomic E-state index is 0.00249. The smallest absolute Gasteiger partial charge is 0.224 e. The highest BCUT2D eigenvalue weighted by atomic mass is 32.2. The molecule has 4 rings (SSSR count). The van der Waals surface area contributed by atoms with Crippen molar-refractivity contribution in [2.24, 2.45) is 0 Å². The van der Waals surface area contributed by atoms with Gasteiger partial charge in [-0.05, 0) is 57.8 Å². The molecule has 0 saturated carbocycles. The molecule has 9 nitrogen and oxygen atoms in total. The predicted octanol–water partition coefficient (Wildman–Crippen LogP) is 2.43. The Balaban J connectivity index is 1.70. The number of ether oxygens (including phenoxy) is 1. The van der Waals surface area contributed by atoms with Gasteiger partial charge < -0.3 is 15.0 Å². The molecule has 1 amide bonds. The number of rotatable bonds is 7. The van der Waals surface area contributed by atoms with E-state index >= 15 is 0 Å². The Bertz CT molecular complexity index is 1140. The third-order valence-electron chi connectivity index (χ3n) is 6.90. The molecule has 2 aromatic rings. The van der Waals surface area contributed by atoms with Crippen LogP contribution in [0.1, 0.15) is 44.7 Å². The van der Waals surface area contributed by atoms with Gasteiger partial charge in [0.15, 0.2) is 0 Å². The second-order valence-electron chi connectivity index (χ2n) is 9.34. The molecule has 186 valence electrons. The Morgan fingerprint density at radius 3 is 2.68 bits per heavy atom. The van der Waals surface area contributed by atoms with Crippen molar-refractivity contribution < 1.29 is 17.9 Å². The number of piperidine rings is 1. The van der Waals surface area contributed by atoms with Crippen LogP contribution in [0, 0.1) is 0 Å². The van der Waals surface area contributed by atoms with Crippen molar-refractivity contribution in [1.29, 1.82) is 0 Å². The molecule has 1 aromatic carbocycles. The Labute approximate surface area is 202 Å². The topological polar surface area (TPSA) is 96.8 Å². The first-order valence-electron chi connectivity index (χ1n) is 11.9. The van der Waals surface area contributed by atoms with Gasteiger partial charge in [-0.1, -0.05) is 0 Å². The van der Waals surface area contributed by atoms with Crippen LogP contribution in [-0.4, -0.2) is 74.0 Å². The summed E-state index contributed by atoms with van der Waals surface area (Å²) >= 11 is 0. The van der Waals surface area contributed by atoms with E-state index in [0.717, 1.165) is 61.2 Å². The maximum atomic E-state index is 12.4. The predicted molar refractivity (Wildman–Crippen MR) is 133 cm³/mol. The number of sulfonamides is 1. The van der Waals surface area contributed by atoms with Gasteiger partial charge in [-0.25, -0.2) is 12.7 Å². The summed E-state index contributed by atoms with van der Waals surface area (Å²) in [5.41, 5.74) is 3.73. The number of nitrogens with zero attached hydrogens (tertiary/aromatic N) is 4. The molecule has 1 aromatic heterocycles. The lowest BCUT2D eigenvalue weighted by atomic mass is 9.92. The Kier molecular flexibility index (Phi) is 7.30. The molecular weight excluding hydrogens is 454 g/mol.